The molecule has 26 heavy (non-hydrogen) atoms. The highest BCUT2D eigenvalue weighted by Crippen LogP contribution is 2.30. The van der Waals surface area contributed by atoms with Crippen LogP contribution in [0.4, 0.5) is 0 Å². The normalized spacial score (nSPS) is 13.4. The zero-order valence-corrected chi connectivity index (χ0v) is 15.5. The number of benzene rings is 2. The van der Waals surface area contributed by atoms with Crippen LogP contribution in [0, 0.1) is 5.92 Å². The molecule has 0 atom stereocenters. The van der Waals surface area contributed by atoms with Crippen LogP contribution in [0.15, 0.2) is 48.5 Å². The highest BCUT2D eigenvalue weighted by Gasteiger charge is 2.20. The van der Waals surface area contributed by atoms with E-state index in [1.165, 1.54) is 12.8 Å². The molecule has 1 fully saturated rings. The molecule has 0 radical (unpaired) electrons. The van der Waals surface area contributed by atoms with Crippen molar-refractivity contribution in [2.45, 2.75) is 19.3 Å². The van der Waals surface area contributed by atoms with Gasteiger partial charge in [-0.3, -0.25) is 4.79 Å². The molecule has 1 aliphatic rings. The lowest BCUT2D eigenvalue weighted by Crippen LogP contribution is -2.30. The summed E-state index contributed by atoms with van der Waals surface area (Å²) in [5.74, 6) is 1.13. The van der Waals surface area contributed by atoms with Gasteiger partial charge in [0.15, 0.2) is 6.61 Å². The first-order chi connectivity index (χ1) is 12.7. The van der Waals surface area contributed by atoms with Crippen molar-refractivity contribution >= 4 is 17.5 Å². The maximum Gasteiger partial charge on any atom is 0.257 e. The number of rotatable bonds is 10. The lowest BCUT2D eigenvalue weighted by molar-refractivity contribution is -0.123. The van der Waals surface area contributed by atoms with Gasteiger partial charge < -0.3 is 14.8 Å². The Bertz CT molecular complexity index is 716. The van der Waals surface area contributed by atoms with Crippen LogP contribution in [0.3, 0.4) is 0 Å². The molecular formula is C21H24ClNO3. The van der Waals surface area contributed by atoms with Gasteiger partial charge in [-0.05, 0) is 48.4 Å². The second kappa shape index (κ2) is 9.60. The molecule has 0 aromatic heterocycles. The Morgan fingerprint density at radius 2 is 1.92 bits per heavy atom. The number of ether oxygens (including phenoxy) is 2. The second-order valence-electron chi connectivity index (χ2n) is 6.52. The molecule has 3 rings (SSSR count). The molecule has 4 nitrogen and oxygen atoms in total. The Morgan fingerprint density at radius 1 is 1.12 bits per heavy atom. The lowest BCUT2D eigenvalue weighted by atomic mass is 10.1. The fourth-order valence-electron chi connectivity index (χ4n) is 2.56. The largest absolute Gasteiger partial charge is 0.482 e. The topological polar surface area (TPSA) is 47.6 Å². The van der Waals surface area contributed by atoms with Crippen LogP contribution in [-0.4, -0.2) is 32.3 Å². The monoisotopic (exact) mass is 373 g/mol. The summed E-state index contributed by atoms with van der Waals surface area (Å²) in [6.45, 7) is 2.08. The van der Waals surface area contributed by atoms with Gasteiger partial charge in [0.05, 0.1) is 5.02 Å². The van der Waals surface area contributed by atoms with E-state index in [9.17, 15) is 4.79 Å². The number of carbonyl (C=O) groups is 1. The molecular weight excluding hydrogens is 350 g/mol. The molecule has 0 unspecified atom stereocenters. The minimum Gasteiger partial charge on any atom is -0.482 e. The van der Waals surface area contributed by atoms with E-state index >= 15 is 0 Å². The van der Waals surface area contributed by atoms with Gasteiger partial charge in [-0.1, -0.05) is 48.0 Å². The number of halogens is 1. The zero-order valence-electron chi connectivity index (χ0n) is 14.7. The maximum absolute atomic E-state index is 11.8. The predicted molar refractivity (Wildman–Crippen MR) is 104 cm³/mol. The van der Waals surface area contributed by atoms with E-state index < -0.39 is 0 Å². The molecule has 138 valence electrons. The number of nitrogens with one attached hydrogen (secondary N) is 1. The number of amides is 1. The minimum atomic E-state index is -0.157. The molecule has 1 amide bonds. The van der Waals surface area contributed by atoms with E-state index in [0.717, 1.165) is 30.1 Å². The lowest BCUT2D eigenvalue weighted by Gasteiger charge is -2.10. The fourth-order valence-corrected chi connectivity index (χ4v) is 2.79. The van der Waals surface area contributed by atoms with Gasteiger partial charge in [0.25, 0.3) is 5.91 Å². The van der Waals surface area contributed by atoms with Crippen LogP contribution in [0.1, 0.15) is 19.3 Å². The van der Waals surface area contributed by atoms with Crippen LogP contribution < -0.4 is 10.1 Å². The molecule has 0 heterocycles. The summed E-state index contributed by atoms with van der Waals surface area (Å²) in [4.78, 5) is 11.8. The SMILES string of the molecule is O=C(COc1ccc(-c2ccccc2)cc1Cl)NCCCOCC1CC1. The van der Waals surface area contributed by atoms with Crippen molar-refractivity contribution in [2.75, 3.05) is 26.4 Å². The summed E-state index contributed by atoms with van der Waals surface area (Å²) in [5.41, 5.74) is 2.10. The van der Waals surface area contributed by atoms with E-state index in [0.29, 0.717) is 23.9 Å². The third-order valence-electron chi connectivity index (χ3n) is 4.24. The second-order valence-corrected chi connectivity index (χ2v) is 6.93. The van der Waals surface area contributed by atoms with Gasteiger partial charge in [0.2, 0.25) is 0 Å². The molecule has 0 bridgehead atoms. The Labute approximate surface area is 159 Å². The quantitative estimate of drug-likeness (QED) is 0.631. The summed E-state index contributed by atoms with van der Waals surface area (Å²) in [5, 5.41) is 3.32. The van der Waals surface area contributed by atoms with Crippen molar-refractivity contribution in [1.29, 1.82) is 0 Å². The van der Waals surface area contributed by atoms with Gasteiger partial charge in [-0.15, -0.1) is 0 Å². The van der Waals surface area contributed by atoms with Gasteiger partial charge in [0, 0.05) is 19.8 Å². The van der Waals surface area contributed by atoms with E-state index in [1.807, 2.05) is 42.5 Å². The first kappa shape index (κ1) is 18.7. The van der Waals surface area contributed by atoms with E-state index in [-0.39, 0.29) is 12.5 Å². The molecule has 0 saturated heterocycles. The highest BCUT2D eigenvalue weighted by molar-refractivity contribution is 6.32. The Balaban J connectivity index is 1.37. The molecule has 1 aliphatic carbocycles. The summed E-state index contributed by atoms with van der Waals surface area (Å²) in [6, 6.07) is 15.6. The Kier molecular flexibility index (Phi) is 6.92. The van der Waals surface area contributed by atoms with Gasteiger partial charge in [-0.25, -0.2) is 0 Å². The van der Waals surface area contributed by atoms with Crippen molar-refractivity contribution in [1.82, 2.24) is 5.32 Å². The fraction of sp³-hybridized carbons (Fsp3) is 0.381. The summed E-state index contributed by atoms with van der Waals surface area (Å²) < 4.78 is 11.1. The van der Waals surface area contributed by atoms with Crippen molar-refractivity contribution < 1.29 is 14.3 Å². The third-order valence-corrected chi connectivity index (χ3v) is 4.53. The molecule has 2 aromatic carbocycles. The van der Waals surface area contributed by atoms with E-state index in [2.05, 4.69) is 5.32 Å². The molecule has 1 saturated carbocycles. The van der Waals surface area contributed by atoms with Crippen LogP contribution in [0.25, 0.3) is 11.1 Å². The smallest absolute Gasteiger partial charge is 0.257 e. The number of hydrogen-bond acceptors (Lipinski definition) is 3. The Hall–Kier alpha value is -2.04. The van der Waals surface area contributed by atoms with Gasteiger partial charge in [0.1, 0.15) is 5.75 Å². The first-order valence-corrected chi connectivity index (χ1v) is 9.42. The summed E-state index contributed by atoms with van der Waals surface area (Å²) in [7, 11) is 0. The van der Waals surface area contributed by atoms with Crippen molar-refractivity contribution in [3.05, 3.63) is 53.6 Å². The predicted octanol–water partition coefficient (Wildman–Crippen LogP) is 4.32. The molecule has 5 heteroatoms. The van der Waals surface area contributed by atoms with Crippen molar-refractivity contribution in [2.24, 2.45) is 5.92 Å². The molecule has 0 spiro atoms. The van der Waals surface area contributed by atoms with Crippen LogP contribution in [0.2, 0.25) is 5.02 Å². The van der Waals surface area contributed by atoms with Crippen LogP contribution in [-0.2, 0) is 9.53 Å². The highest BCUT2D eigenvalue weighted by atomic mass is 35.5. The van der Waals surface area contributed by atoms with Gasteiger partial charge >= 0.3 is 0 Å². The number of hydrogen-bond donors (Lipinski definition) is 1. The van der Waals surface area contributed by atoms with Crippen molar-refractivity contribution in [3.63, 3.8) is 0 Å². The molecule has 0 aliphatic heterocycles. The summed E-state index contributed by atoms with van der Waals surface area (Å²) >= 11 is 6.28. The van der Waals surface area contributed by atoms with Crippen LogP contribution in [0.5, 0.6) is 5.75 Å². The third kappa shape index (κ3) is 6.04. The van der Waals surface area contributed by atoms with Crippen LogP contribution >= 0.6 is 11.6 Å². The maximum atomic E-state index is 11.8. The molecule has 1 N–H and O–H groups in total. The van der Waals surface area contributed by atoms with Crippen molar-refractivity contribution in [3.8, 4) is 16.9 Å². The average Bonchev–Trinajstić information content (AvgIpc) is 3.48. The summed E-state index contributed by atoms with van der Waals surface area (Å²) in [6.07, 6.45) is 3.40. The zero-order chi connectivity index (χ0) is 18.2. The number of carbonyl (C=O) groups excluding carboxylic acids is 1. The van der Waals surface area contributed by atoms with Gasteiger partial charge in [-0.2, -0.15) is 0 Å². The van der Waals surface area contributed by atoms with E-state index in [4.69, 9.17) is 21.1 Å². The minimum absolute atomic E-state index is 0.0483. The standard InChI is InChI=1S/C21H24ClNO3/c22-19-13-18(17-5-2-1-3-6-17)9-10-20(19)26-15-21(24)23-11-4-12-25-14-16-7-8-16/h1-3,5-6,9-10,13,16H,4,7-8,11-12,14-15H2,(H,23,24). The van der Waals surface area contributed by atoms with E-state index in [1.54, 1.807) is 6.07 Å². The average molecular weight is 374 g/mol. The first-order valence-electron chi connectivity index (χ1n) is 9.04. The molecule has 2 aromatic rings. The Morgan fingerprint density at radius 3 is 2.65 bits per heavy atom.